The molecular weight excluding hydrogens is 298 g/mol. The molecule has 0 unspecified atom stereocenters. The van der Waals surface area contributed by atoms with Gasteiger partial charge in [0.25, 0.3) is 0 Å². The van der Waals surface area contributed by atoms with Gasteiger partial charge in [0.05, 0.1) is 11.9 Å². The van der Waals surface area contributed by atoms with E-state index in [2.05, 4.69) is 26.8 Å². The van der Waals surface area contributed by atoms with Crippen molar-refractivity contribution in [2.45, 2.75) is 6.42 Å². The predicted octanol–water partition coefficient (Wildman–Crippen LogP) is 2.69. The van der Waals surface area contributed by atoms with E-state index in [1.54, 1.807) is 40.5 Å². The third kappa shape index (κ3) is 3.70. The molecule has 3 aromatic heterocycles. The van der Waals surface area contributed by atoms with Crippen LogP contribution in [0.15, 0.2) is 54.3 Å². The summed E-state index contributed by atoms with van der Waals surface area (Å²) in [6, 6.07) is 9.26. The molecule has 2 N–H and O–H groups in total. The van der Waals surface area contributed by atoms with Gasteiger partial charge < -0.3 is 10.6 Å². The fourth-order valence-corrected chi connectivity index (χ4v) is 2.64. The van der Waals surface area contributed by atoms with Gasteiger partial charge in [0, 0.05) is 23.8 Å². The Hall–Kier alpha value is -2.67. The lowest BCUT2D eigenvalue weighted by Crippen LogP contribution is -2.30. The largest absolute Gasteiger partial charge is 0.338 e. The molecule has 0 atom stereocenters. The van der Waals surface area contributed by atoms with Crippen LogP contribution in [0.2, 0.25) is 0 Å². The van der Waals surface area contributed by atoms with Gasteiger partial charge in [-0.25, -0.2) is 14.5 Å². The number of nitrogens with one attached hydrogen (secondary N) is 2. The highest BCUT2D eigenvalue weighted by Crippen LogP contribution is 2.09. The van der Waals surface area contributed by atoms with E-state index in [0.29, 0.717) is 18.1 Å². The standard InChI is InChI=1S/C15H15N5OS/c21-15(16-8-6-13-3-1-10-22-13)19-12-4-5-14(17-11-12)20-9-2-7-18-20/h1-5,7,9-11H,6,8H2,(H2,16,19,21). The second-order valence-electron chi connectivity index (χ2n) is 4.57. The van der Waals surface area contributed by atoms with Crippen molar-refractivity contribution in [2.75, 3.05) is 11.9 Å². The van der Waals surface area contributed by atoms with E-state index in [9.17, 15) is 4.79 Å². The number of hydrogen-bond acceptors (Lipinski definition) is 4. The predicted molar refractivity (Wildman–Crippen MR) is 86.4 cm³/mol. The first kappa shape index (κ1) is 14.3. The summed E-state index contributed by atoms with van der Waals surface area (Å²) >= 11 is 1.69. The Morgan fingerprint density at radius 2 is 2.23 bits per heavy atom. The molecule has 2 amide bonds. The normalized spacial score (nSPS) is 10.4. The average Bonchev–Trinajstić information content (AvgIpc) is 3.21. The first-order valence-electron chi connectivity index (χ1n) is 6.84. The van der Waals surface area contributed by atoms with Crippen molar-refractivity contribution >= 4 is 23.1 Å². The van der Waals surface area contributed by atoms with E-state index >= 15 is 0 Å². The van der Waals surface area contributed by atoms with Crippen LogP contribution in [-0.4, -0.2) is 27.3 Å². The minimum absolute atomic E-state index is 0.231. The smallest absolute Gasteiger partial charge is 0.319 e. The minimum atomic E-state index is -0.231. The van der Waals surface area contributed by atoms with Gasteiger partial charge in [-0.15, -0.1) is 11.3 Å². The molecule has 0 fully saturated rings. The number of nitrogens with zero attached hydrogens (tertiary/aromatic N) is 3. The molecule has 0 bridgehead atoms. The van der Waals surface area contributed by atoms with Crippen molar-refractivity contribution in [3.05, 3.63) is 59.2 Å². The number of rotatable bonds is 5. The van der Waals surface area contributed by atoms with Crippen LogP contribution in [0.25, 0.3) is 5.82 Å². The Bertz CT molecular complexity index is 707. The Labute approximate surface area is 131 Å². The third-order valence-electron chi connectivity index (χ3n) is 2.98. The van der Waals surface area contributed by atoms with Gasteiger partial charge in [-0.05, 0) is 36.1 Å². The van der Waals surface area contributed by atoms with Gasteiger partial charge >= 0.3 is 6.03 Å². The highest BCUT2D eigenvalue weighted by molar-refractivity contribution is 7.09. The maximum atomic E-state index is 11.8. The molecule has 112 valence electrons. The number of hydrogen-bond donors (Lipinski definition) is 2. The summed E-state index contributed by atoms with van der Waals surface area (Å²) in [5.41, 5.74) is 0.643. The minimum Gasteiger partial charge on any atom is -0.338 e. The van der Waals surface area contributed by atoms with Crippen molar-refractivity contribution in [1.82, 2.24) is 20.1 Å². The topological polar surface area (TPSA) is 71.8 Å². The number of pyridine rings is 1. The number of amides is 2. The fraction of sp³-hybridized carbons (Fsp3) is 0.133. The van der Waals surface area contributed by atoms with Gasteiger partial charge in [0.2, 0.25) is 0 Å². The Kier molecular flexibility index (Phi) is 4.45. The maximum Gasteiger partial charge on any atom is 0.319 e. The molecular formula is C15H15N5OS. The summed E-state index contributed by atoms with van der Waals surface area (Å²) in [5, 5.41) is 11.7. The monoisotopic (exact) mass is 313 g/mol. The van der Waals surface area contributed by atoms with E-state index in [1.807, 2.05) is 23.7 Å². The van der Waals surface area contributed by atoms with Gasteiger partial charge in [-0.2, -0.15) is 5.10 Å². The first-order valence-corrected chi connectivity index (χ1v) is 7.72. The van der Waals surface area contributed by atoms with Crippen LogP contribution in [0, 0.1) is 0 Å². The van der Waals surface area contributed by atoms with Crippen molar-refractivity contribution in [3.63, 3.8) is 0 Å². The zero-order chi connectivity index (χ0) is 15.2. The average molecular weight is 313 g/mol. The molecule has 0 aliphatic carbocycles. The lowest BCUT2D eigenvalue weighted by Gasteiger charge is -2.07. The van der Waals surface area contributed by atoms with E-state index in [-0.39, 0.29) is 6.03 Å². The zero-order valence-electron chi connectivity index (χ0n) is 11.8. The second kappa shape index (κ2) is 6.86. The number of anilines is 1. The molecule has 6 nitrogen and oxygen atoms in total. The fourth-order valence-electron chi connectivity index (χ4n) is 1.93. The van der Waals surface area contributed by atoms with Crippen molar-refractivity contribution in [3.8, 4) is 5.82 Å². The van der Waals surface area contributed by atoms with E-state index < -0.39 is 0 Å². The molecule has 22 heavy (non-hydrogen) atoms. The summed E-state index contributed by atoms with van der Waals surface area (Å²) in [4.78, 5) is 17.3. The van der Waals surface area contributed by atoms with Gasteiger partial charge in [0.1, 0.15) is 0 Å². The van der Waals surface area contributed by atoms with Crippen LogP contribution in [0.3, 0.4) is 0 Å². The van der Waals surface area contributed by atoms with Crippen molar-refractivity contribution in [2.24, 2.45) is 0 Å². The number of carbonyl (C=O) groups excluding carboxylic acids is 1. The molecule has 3 rings (SSSR count). The second-order valence-corrected chi connectivity index (χ2v) is 5.60. The number of thiophene rings is 1. The Morgan fingerprint density at radius 1 is 1.27 bits per heavy atom. The summed E-state index contributed by atoms with van der Waals surface area (Å²) in [6.07, 6.45) is 5.94. The molecule has 0 radical (unpaired) electrons. The number of carbonyl (C=O) groups is 1. The van der Waals surface area contributed by atoms with Gasteiger partial charge in [-0.1, -0.05) is 6.07 Å². The molecule has 0 aliphatic heterocycles. The van der Waals surface area contributed by atoms with Gasteiger partial charge in [0.15, 0.2) is 5.82 Å². The summed E-state index contributed by atoms with van der Waals surface area (Å²) in [7, 11) is 0. The number of aromatic nitrogens is 3. The SMILES string of the molecule is O=C(NCCc1cccs1)Nc1ccc(-n2cccn2)nc1. The first-order chi connectivity index (χ1) is 10.8. The van der Waals surface area contributed by atoms with Crippen LogP contribution in [0.1, 0.15) is 4.88 Å². The summed E-state index contributed by atoms with van der Waals surface area (Å²) < 4.78 is 1.66. The summed E-state index contributed by atoms with van der Waals surface area (Å²) in [6.45, 7) is 0.602. The molecule has 0 saturated heterocycles. The van der Waals surface area contributed by atoms with Crippen LogP contribution < -0.4 is 10.6 Å². The van der Waals surface area contributed by atoms with Crippen LogP contribution in [-0.2, 0) is 6.42 Å². The van der Waals surface area contributed by atoms with Gasteiger partial charge in [-0.3, -0.25) is 0 Å². The Morgan fingerprint density at radius 3 is 2.91 bits per heavy atom. The van der Waals surface area contributed by atoms with Crippen LogP contribution in [0.5, 0.6) is 0 Å². The van der Waals surface area contributed by atoms with Crippen LogP contribution in [0.4, 0.5) is 10.5 Å². The van der Waals surface area contributed by atoms with Crippen molar-refractivity contribution in [1.29, 1.82) is 0 Å². The summed E-state index contributed by atoms with van der Waals surface area (Å²) in [5.74, 6) is 0.702. The maximum absolute atomic E-state index is 11.8. The molecule has 0 aliphatic rings. The highest BCUT2D eigenvalue weighted by atomic mass is 32.1. The molecule has 3 heterocycles. The Balaban J connectivity index is 1.49. The molecule has 7 heteroatoms. The van der Waals surface area contributed by atoms with E-state index in [1.165, 1.54) is 4.88 Å². The lowest BCUT2D eigenvalue weighted by molar-refractivity contribution is 0.252. The number of urea groups is 1. The van der Waals surface area contributed by atoms with E-state index in [0.717, 1.165) is 6.42 Å². The third-order valence-corrected chi connectivity index (χ3v) is 3.92. The van der Waals surface area contributed by atoms with Crippen molar-refractivity contribution < 1.29 is 4.79 Å². The highest BCUT2D eigenvalue weighted by Gasteiger charge is 2.03. The van der Waals surface area contributed by atoms with E-state index in [4.69, 9.17) is 0 Å². The lowest BCUT2D eigenvalue weighted by atomic mass is 10.3. The molecule has 0 aromatic carbocycles. The van der Waals surface area contributed by atoms with Crippen LogP contribution >= 0.6 is 11.3 Å². The quantitative estimate of drug-likeness (QED) is 0.760. The molecule has 0 spiro atoms. The molecule has 0 saturated carbocycles. The zero-order valence-corrected chi connectivity index (χ0v) is 12.6. The molecule has 3 aromatic rings.